The quantitative estimate of drug-likeness (QED) is 0.837. The van der Waals surface area contributed by atoms with Gasteiger partial charge in [0.15, 0.2) is 0 Å². The first-order valence-electron chi connectivity index (χ1n) is 6.13. The van der Waals surface area contributed by atoms with Gasteiger partial charge in [-0.05, 0) is 29.4 Å². The van der Waals surface area contributed by atoms with E-state index >= 15 is 0 Å². The molecule has 0 bridgehead atoms. The van der Waals surface area contributed by atoms with Crippen LogP contribution in [0.15, 0.2) is 36.4 Å². The molecule has 0 radical (unpaired) electrons. The van der Waals surface area contributed by atoms with Crippen LogP contribution in [0.1, 0.15) is 25.3 Å². The molecule has 88 valence electrons. The molecule has 2 unspecified atom stereocenters. The molecule has 1 aliphatic rings. The van der Waals surface area contributed by atoms with Crippen molar-refractivity contribution in [3.8, 4) is 0 Å². The number of fused-ring (bicyclic) bond motifs is 1. The van der Waals surface area contributed by atoms with Crippen LogP contribution >= 0.6 is 0 Å². The van der Waals surface area contributed by atoms with Crippen molar-refractivity contribution in [3.05, 3.63) is 47.8 Å². The van der Waals surface area contributed by atoms with Gasteiger partial charge in [0.05, 0.1) is 0 Å². The van der Waals surface area contributed by atoms with Crippen molar-refractivity contribution in [3.63, 3.8) is 0 Å². The van der Waals surface area contributed by atoms with E-state index in [9.17, 15) is 4.39 Å². The Morgan fingerprint density at radius 1 is 1.24 bits per heavy atom. The van der Waals surface area contributed by atoms with Gasteiger partial charge in [0, 0.05) is 10.9 Å². The molecule has 1 nitrogen and oxygen atoms in total. The summed E-state index contributed by atoms with van der Waals surface area (Å²) in [6, 6.07) is 11.0. The van der Waals surface area contributed by atoms with Gasteiger partial charge in [0.2, 0.25) is 0 Å². The van der Waals surface area contributed by atoms with Gasteiger partial charge in [-0.15, -0.1) is 0 Å². The summed E-state index contributed by atoms with van der Waals surface area (Å²) >= 11 is 0. The van der Waals surface area contributed by atoms with Crippen molar-refractivity contribution in [1.82, 2.24) is 0 Å². The Labute approximate surface area is 100 Å². The van der Waals surface area contributed by atoms with Gasteiger partial charge in [0.25, 0.3) is 0 Å². The summed E-state index contributed by atoms with van der Waals surface area (Å²) in [4.78, 5) is 0. The Morgan fingerprint density at radius 3 is 2.59 bits per heavy atom. The Kier molecular flexibility index (Phi) is 2.23. The molecule has 1 fully saturated rings. The Morgan fingerprint density at radius 2 is 1.94 bits per heavy atom. The van der Waals surface area contributed by atoms with Crippen molar-refractivity contribution in [2.24, 2.45) is 11.7 Å². The minimum absolute atomic E-state index is 0.165. The smallest absolute Gasteiger partial charge is 0.131 e. The van der Waals surface area contributed by atoms with Crippen LogP contribution in [0.4, 0.5) is 4.39 Å². The van der Waals surface area contributed by atoms with Gasteiger partial charge in [-0.3, -0.25) is 0 Å². The third-order valence-electron chi connectivity index (χ3n) is 4.02. The lowest BCUT2D eigenvalue weighted by Crippen LogP contribution is -2.22. The normalized spacial score (nSPS) is 27.4. The number of hydrogen-bond donors (Lipinski definition) is 1. The topological polar surface area (TPSA) is 26.0 Å². The lowest BCUT2D eigenvalue weighted by molar-refractivity contribution is 0.613. The minimum Gasteiger partial charge on any atom is -0.321 e. The molecule has 0 aliphatic heterocycles. The van der Waals surface area contributed by atoms with Crippen LogP contribution in [0, 0.1) is 11.7 Å². The van der Waals surface area contributed by atoms with Gasteiger partial charge < -0.3 is 5.73 Å². The summed E-state index contributed by atoms with van der Waals surface area (Å²) in [7, 11) is 0. The highest BCUT2D eigenvalue weighted by Gasteiger charge is 2.51. The van der Waals surface area contributed by atoms with Gasteiger partial charge in [-0.25, -0.2) is 4.39 Å². The van der Waals surface area contributed by atoms with E-state index in [1.807, 2.05) is 30.3 Å². The van der Waals surface area contributed by atoms with E-state index in [2.05, 4.69) is 6.92 Å². The third kappa shape index (κ3) is 1.48. The SMILES string of the molecule is CCC1CC1(N)c1ccc(F)c2ccccc12. The molecule has 2 aromatic carbocycles. The monoisotopic (exact) mass is 229 g/mol. The lowest BCUT2D eigenvalue weighted by atomic mass is 9.95. The molecular formula is C15H16FN. The summed E-state index contributed by atoms with van der Waals surface area (Å²) in [5, 5.41) is 1.64. The van der Waals surface area contributed by atoms with Gasteiger partial charge in [0.1, 0.15) is 5.82 Å². The molecule has 0 saturated heterocycles. The third-order valence-corrected chi connectivity index (χ3v) is 4.02. The van der Waals surface area contributed by atoms with Crippen molar-refractivity contribution in [2.45, 2.75) is 25.3 Å². The Bertz CT molecular complexity index is 578. The molecule has 0 aromatic heterocycles. The fraction of sp³-hybridized carbons (Fsp3) is 0.333. The fourth-order valence-corrected chi connectivity index (χ4v) is 2.86. The van der Waals surface area contributed by atoms with Crippen molar-refractivity contribution < 1.29 is 4.39 Å². The molecule has 0 amide bonds. The second-order valence-electron chi connectivity index (χ2n) is 4.99. The Hall–Kier alpha value is -1.41. The zero-order chi connectivity index (χ0) is 12.0. The molecule has 0 spiro atoms. The predicted molar refractivity (Wildman–Crippen MR) is 68.2 cm³/mol. The molecule has 1 saturated carbocycles. The van der Waals surface area contributed by atoms with E-state index in [4.69, 9.17) is 5.73 Å². The van der Waals surface area contributed by atoms with Crippen molar-refractivity contribution in [2.75, 3.05) is 0 Å². The molecule has 2 aromatic rings. The zero-order valence-corrected chi connectivity index (χ0v) is 9.91. The molecule has 17 heavy (non-hydrogen) atoms. The molecule has 2 heteroatoms. The van der Waals surface area contributed by atoms with E-state index in [1.165, 1.54) is 6.07 Å². The average Bonchev–Trinajstić information content (AvgIpc) is 3.02. The van der Waals surface area contributed by atoms with Gasteiger partial charge >= 0.3 is 0 Å². The largest absolute Gasteiger partial charge is 0.321 e. The lowest BCUT2D eigenvalue weighted by Gasteiger charge is -2.15. The number of rotatable bonds is 2. The van der Waals surface area contributed by atoms with Crippen LogP contribution in [0.25, 0.3) is 10.8 Å². The maximum absolute atomic E-state index is 13.7. The van der Waals surface area contributed by atoms with Crippen LogP contribution in [0.2, 0.25) is 0 Å². The second-order valence-corrected chi connectivity index (χ2v) is 4.99. The van der Waals surface area contributed by atoms with E-state index in [1.54, 1.807) is 0 Å². The first-order chi connectivity index (χ1) is 8.16. The van der Waals surface area contributed by atoms with Crippen LogP contribution in [-0.2, 0) is 5.54 Å². The predicted octanol–water partition coefficient (Wildman–Crippen LogP) is 3.56. The summed E-state index contributed by atoms with van der Waals surface area (Å²) in [6.45, 7) is 2.16. The van der Waals surface area contributed by atoms with Crippen molar-refractivity contribution >= 4 is 10.8 Å². The average molecular weight is 229 g/mol. The fourth-order valence-electron chi connectivity index (χ4n) is 2.86. The van der Waals surface area contributed by atoms with E-state index in [0.29, 0.717) is 11.3 Å². The number of hydrogen-bond acceptors (Lipinski definition) is 1. The van der Waals surface area contributed by atoms with Gasteiger partial charge in [-0.1, -0.05) is 43.7 Å². The van der Waals surface area contributed by atoms with Crippen molar-refractivity contribution in [1.29, 1.82) is 0 Å². The standard InChI is InChI=1S/C15H16FN/c1-2-10-9-15(10,17)13-7-8-14(16)12-6-4-3-5-11(12)13/h3-8,10H,2,9,17H2,1H3. The van der Waals surface area contributed by atoms with Gasteiger partial charge in [-0.2, -0.15) is 0 Å². The first-order valence-corrected chi connectivity index (χ1v) is 6.13. The summed E-state index contributed by atoms with van der Waals surface area (Å²) in [5.41, 5.74) is 7.28. The maximum atomic E-state index is 13.7. The minimum atomic E-state index is -0.234. The van der Waals surface area contributed by atoms with E-state index in [0.717, 1.165) is 23.8 Å². The molecule has 2 N–H and O–H groups in total. The maximum Gasteiger partial charge on any atom is 0.131 e. The highest BCUT2D eigenvalue weighted by molar-refractivity contribution is 5.87. The Balaban J connectivity index is 2.22. The summed E-state index contributed by atoms with van der Waals surface area (Å²) in [5.74, 6) is 0.373. The molecule has 0 heterocycles. The molecule has 3 rings (SSSR count). The highest BCUT2D eigenvalue weighted by Crippen LogP contribution is 2.53. The summed E-state index contributed by atoms with van der Waals surface area (Å²) in [6.07, 6.45) is 2.10. The van der Waals surface area contributed by atoms with E-state index < -0.39 is 0 Å². The van der Waals surface area contributed by atoms with Crippen LogP contribution < -0.4 is 5.73 Å². The highest BCUT2D eigenvalue weighted by atomic mass is 19.1. The van der Waals surface area contributed by atoms with E-state index in [-0.39, 0.29) is 11.4 Å². The van der Waals surface area contributed by atoms with Crippen LogP contribution in [0.5, 0.6) is 0 Å². The summed E-state index contributed by atoms with van der Waals surface area (Å²) < 4.78 is 13.7. The number of halogens is 1. The molecule has 2 atom stereocenters. The first kappa shape index (κ1) is 10.7. The van der Waals surface area contributed by atoms with Crippen LogP contribution in [-0.4, -0.2) is 0 Å². The molecule has 1 aliphatic carbocycles. The molecular weight excluding hydrogens is 213 g/mol. The zero-order valence-electron chi connectivity index (χ0n) is 9.91. The number of benzene rings is 2. The second kappa shape index (κ2) is 3.54. The van der Waals surface area contributed by atoms with Crippen LogP contribution in [0.3, 0.4) is 0 Å². The number of nitrogens with two attached hydrogens (primary N) is 1.